The third-order valence-corrected chi connectivity index (χ3v) is 3.26. The van der Waals surface area contributed by atoms with Gasteiger partial charge < -0.3 is 16.4 Å². The molecule has 114 valence electrons. The number of hydrogen-bond donors (Lipinski definition) is 3. The molecule has 22 heavy (non-hydrogen) atoms. The lowest BCUT2D eigenvalue weighted by Gasteiger charge is -2.15. The lowest BCUT2D eigenvalue weighted by molar-refractivity contribution is -0.116. The molecule has 5 heteroatoms. The summed E-state index contributed by atoms with van der Waals surface area (Å²) in [4.78, 5) is 23.1. The van der Waals surface area contributed by atoms with E-state index in [1.54, 1.807) is 31.2 Å². The topological polar surface area (TPSA) is 84.2 Å². The van der Waals surface area contributed by atoms with Crippen LogP contribution in [0.3, 0.4) is 0 Å². The lowest BCUT2D eigenvalue weighted by atomic mass is 10.2. The molecule has 4 N–H and O–H groups in total. The van der Waals surface area contributed by atoms with E-state index in [9.17, 15) is 9.59 Å². The molecule has 2 rings (SSSR count). The maximum atomic E-state index is 12.1. The van der Waals surface area contributed by atoms with Crippen LogP contribution < -0.4 is 16.4 Å². The standard InChI is InChI=1S/C17H19N3O2/c1-11-3-7-14(8-4-11)19-12(2)17(22)20-15-9-5-13(6-10-15)16(18)21/h3-10,12,19H,1-2H3,(H2,18,21)(H,20,22)/t12-/m1/s1. The van der Waals surface area contributed by atoms with Gasteiger partial charge in [0.25, 0.3) is 0 Å². The molecule has 5 nitrogen and oxygen atoms in total. The Bertz CT molecular complexity index is 663. The van der Waals surface area contributed by atoms with Gasteiger partial charge in [-0.1, -0.05) is 17.7 Å². The average Bonchev–Trinajstić information content (AvgIpc) is 2.50. The van der Waals surface area contributed by atoms with E-state index < -0.39 is 11.9 Å². The Morgan fingerprint density at radius 2 is 1.50 bits per heavy atom. The van der Waals surface area contributed by atoms with E-state index in [-0.39, 0.29) is 5.91 Å². The first-order valence-electron chi connectivity index (χ1n) is 6.99. The monoisotopic (exact) mass is 297 g/mol. The maximum absolute atomic E-state index is 12.1. The van der Waals surface area contributed by atoms with E-state index in [1.165, 1.54) is 0 Å². The van der Waals surface area contributed by atoms with Crippen LogP contribution in [0.4, 0.5) is 11.4 Å². The van der Waals surface area contributed by atoms with Gasteiger partial charge in [-0.3, -0.25) is 9.59 Å². The third kappa shape index (κ3) is 4.09. The molecule has 0 saturated carbocycles. The smallest absolute Gasteiger partial charge is 0.248 e. The van der Waals surface area contributed by atoms with E-state index in [0.29, 0.717) is 11.3 Å². The summed E-state index contributed by atoms with van der Waals surface area (Å²) in [7, 11) is 0. The first-order chi connectivity index (χ1) is 10.5. The summed E-state index contributed by atoms with van der Waals surface area (Å²) in [5, 5.41) is 5.92. The van der Waals surface area contributed by atoms with Crippen LogP contribution >= 0.6 is 0 Å². The largest absolute Gasteiger partial charge is 0.374 e. The van der Waals surface area contributed by atoms with Gasteiger partial charge in [-0.25, -0.2) is 0 Å². The minimum absolute atomic E-state index is 0.160. The van der Waals surface area contributed by atoms with Crippen molar-refractivity contribution in [3.63, 3.8) is 0 Å². The Kier molecular flexibility index (Phi) is 4.78. The zero-order chi connectivity index (χ0) is 16.1. The summed E-state index contributed by atoms with van der Waals surface area (Å²) in [6.45, 7) is 3.79. The fourth-order valence-electron chi connectivity index (χ4n) is 1.93. The van der Waals surface area contributed by atoms with Crippen molar-refractivity contribution in [1.29, 1.82) is 0 Å². The maximum Gasteiger partial charge on any atom is 0.248 e. The molecule has 1 atom stereocenters. The van der Waals surface area contributed by atoms with Gasteiger partial charge in [0.1, 0.15) is 6.04 Å². The van der Waals surface area contributed by atoms with Gasteiger partial charge in [0.2, 0.25) is 11.8 Å². The average molecular weight is 297 g/mol. The number of carbonyl (C=O) groups excluding carboxylic acids is 2. The Balaban J connectivity index is 1.95. The number of carbonyl (C=O) groups is 2. The fourth-order valence-corrected chi connectivity index (χ4v) is 1.93. The van der Waals surface area contributed by atoms with Crippen molar-refractivity contribution in [2.45, 2.75) is 19.9 Å². The van der Waals surface area contributed by atoms with Crippen LogP contribution in [0.2, 0.25) is 0 Å². The Hall–Kier alpha value is -2.82. The number of amides is 2. The van der Waals surface area contributed by atoms with Crippen LogP contribution in [0.25, 0.3) is 0 Å². The SMILES string of the molecule is Cc1ccc(N[C@H](C)C(=O)Nc2ccc(C(N)=O)cc2)cc1. The van der Waals surface area contributed by atoms with Gasteiger partial charge in [0, 0.05) is 16.9 Å². The van der Waals surface area contributed by atoms with Crippen molar-refractivity contribution in [2.24, 2.45) is 5.73 Å². The van der Waals surface area contributed by atoms with Gasteiger partial charge >= 0.3 is 0 Å². The van der Waals surface area contributed by atoms with Crippen LogP contribution in [-0.4, -0.2) is 17.9 Å². The van der Waals surface area contributed by atoms with E-state index in [1.807, 2.05) is 31.2 Å². The molecular weight excluding hydrogens is 278 g/mol. The molecule has 0 heterocycles. The summed E-state index contributed by atoms with van der Waals surface area (Å²) in [6.07, 6.45) is 0. The van der Waals surface area contributed by atoms with Crippen molar-refractivity contribution >= 4 is 23.2 Å². The normalized spacial score (nSPS) is 11.5. The number of rotatable bonds is 5. The summed E-state index contributed by atoms with van der Waals surface area (Å²) in [5.74, 6) is -0.653. The van der Waals surface area contributed by atoms with Gasteiger partial charge in [-0.05, 0) is 50.2 Å². The fraction of sp³-hybridized carbons (Fsp3) is 0.176. The van der Waals surface area contributed by atoms with Crippen molar-refractivity contribution in [3.8, 4) is 0 Å². The molecule has 2 aromatic rings. The predicted octanol–water partition coefficient (Wildman–Crippen LogP) is 2.53. The molecule has 0 radical (unpaired) electrons. The van der Waals surface area contributed by atoms with Crippen LogP contribution in [0, 0.1) is 6.92 Å². The van der Waals surface area contributed by atoms with Crippen LogP contribution in [-0.2, 0) is 4.79 Å². The van der Waals surface area contributed by atoms with Crippen LogP contribution in [0.5, 0.6) is 0 Å². The molecule has 0 saturated heterocycles. The molecule has 2 aromatic carbocycles. The Morgan fingerprint density at radius 3 is 2.05 bits per heavy atom. The Labute approximate surface area is 129 Å². The second-order valence-corrected chi connectivity index (χ2v) is 5.16. The molecule has 0 aliphatic carbocycles. The predicted molar refractivity (Wildman–Crippen MR) is 87.9 cm³/mol. The number of aryl methyl sites for hydroxylation is 1. The first kappa shape index (κ1) is 15.6. The van der Waals surface area contributed by atoms with Crippen molar-refractivity contribution in [3.05, 3.63) is 59.7 Å². The van der Waals surface area contributed by atoms with Crippen molar-refractivity contribution in [2.75, 3.05) is 10.6 Å². The highest BCUT2D eigenvalue weighted by molar-refractivity contribution is 5.97. The zero-order valence-electron chi connectivity index (χ0n) is 12.6. The second-order valence-electron chi connectivity index (χ2n) is 5.16. The summed E-state index contributed by atoms with van der Waals surface area (Å²) in [5.41, 5.74) is 8.25. The highest BCUT2D eigenvalue weighted by Crippen LogP contribution is 2.12. The lowest BCUT2D eigenvalue weighted by Crippen LogP contribution is -2.31. The molecule has 0 bridgehead atoms. The minimum Gasteiger partial charge on any atom is -0.374 e. The summed E-state index contributed by atoms with van der Waals surface area (Å²) < 4.78 is 0. The first-order valence-corrected chi connectivity index (χ1v) is 6.99. The van der Waals surface area contributed by atoms with Gasteiger partial charge in [-0.2, -0.15) is 0 Å². The number of benzene rings is 2. The highest BCUT2D eigenvalue weighted by Gasteiger charge is 2.13. The molecule has 0 unspecified atom stereocenters. The number of nitrogens with one attached hydrogen (secondary N) is 2. The van der Waals surface area contributed by atoms with Crippen LogP contribution in [0.15, 0.2) is 48.5 Å². The van der Waals surface area contributed by atoms with Crippen molar-refractivity contribution in [1.82, 2.24) is 0 Å². The molecule has 0 aliphatic rings. The van der Waals surface area contributed by atoms with E-state index in [4.69, 9.17) is 5.73 Å². The van der Waals surface area contributed by atoms with E-state index in [2.05, 4.69) is 10.6 Å². The highest BCUT2D eigenvalue weighted by atomic mass is 16.2. The van der Waals surface area contributed by atoms with Crippen LogP contribution in [0.1, 0.15) is 22.8 Å². The zero-order valence-corrected chi connectivity index (χ0v) is 12.6. The number of nitrogens with two attached hydrogens (primary N) is 1. The van der Waals surface area contributed by atoms with E-state index >= 15 is 0 Å². The summed E-state index contributed by atoms with van der Waals surface area (Å²) in [6, 6.07) is 13.9. The quantitative estimate of drug-likeness (QED) is 0.793. The molecular formula is C17H19N3O2. The minimum atomic E-state index is -0.493. The van der Waals surface area contributed by atoms with E-state index in [0.717, 1.165) is 11.3 Å². The van der Waals surface area contributed by atoms with Gasteiger partial charge in [0.15, 0.2) is 0 Å². The number of primary amides is 1. The van der Waals surface area contributed by atoms with Crippen molar-refractivity contribution < 1.29 is 9.59 Å². The number of hydrogen-bond acceptors (Lipinski definition) is 3. The third-order valence-electron chi connectivity index (χ3n) is 3.26. The Morgan fingerprint density at radius 1 is 0.955 bits per heavy atom. The molecule has 0 aromatic heterocycles. The molecule has 0 fully saturated rings. The summed E-state index contributed by atoms with van der Waals surface area (Å²) >= 11 is 0. The molecule has 0 spiro atoms. The molecule has 0 aliphatic heterocycles. The second kappa shape index (κ2) is 6.76. The number of anilines is 2. The van der Waals surface area contributed by atoms with Gasteiger partial charge in [-0.15, -0.1) is 0 Å². The van der Waals surface area contributed by atoms with Gasteiger partial charge in [0.05, 0.1) is 0 Å². The molecule has 2 amide bonds.